The zero-order chi connectivity index (χ0) is 11.1. The minimum atomic E-state index is -0.638. The van der Waals surface area contributed by atoms with Gasteiger partial charge in [0, 0.05) is 19.1 Å². The highest BCUT2D eigenvalue weighted by atomic mass is 16.5. The number of rotatable bonds is 6. The maximum atomic E-state index is 10.6. The number of methoxy groups -OCH3 is 2. The van der Waals surface area contributed by atoms with Crippen molar-refractivity contribution in [3.63, 3.8) is 0 Å². The normalized spacial score (nSPS) is 15.8. The van der Waals surface area contributed by atoms with E-state index in [-0.39, 0.29) is 5.92 Å². The monoisotopic (exact) mass is 201 g/mol. The Morgan fingerprint density at radius 2 is 2.00 bits per heavy atom. The second-order valence-corrected chi connectivity index (χ2v) is 2.78. The number of carbonyl (C=O) groups excluding carboxylic acids is 2. The summed E-state index contributed by atoms with van der Waals surface area (Å²) in [6.07, 6.45) is 1.15. The van der Waals surface area contributed by atoms with Crippen molar-refractivity contribution >= 4 is 12.2 Å². The van der Waals surface area contributed by atoms with Gasteiger partial charge >= 0.3 is 0 Å². The summed E-state index contributed by atoms with van der Waals surface area (Å²) in [6.45, 7) is 1.71. The molecule has 5 heteroatoms. The lowest BCUT2D eigenvalue weighted by atomic mass is 10.0. The van der Waals surface area contributed by atoms with E-state index in [9.17, 15) is 9.59 Å². The Hall–Kier alpha value is -1.36. The van der Waals surface area contributed by atoms with Crippen LogP contribution in [0.25, 0.3) is 0 Å². The minimum Gasteiger partial charge on any atom is -0.500 e. The van der Waals surface area contributed by atoms with Gasteiger partial charge in [0.25, 0.3) is 0 Å². The van der Waals surface area contributed by atoms with Gasteiger partial charge in [-0.2, -0.15) is 0 Å². The summed E-state index contributed by atoms with van der Waals surface area (Å²) in [5, 5.41) is 0. The van der Waals surface area contributed by atoms with Gasteiger partial charge in [-0.05, 0) is 0 Å². The van der Waals surface area contributed by atoms with Crippen LogP contribution < -0.4 is 5.73 Å². The fraction of sp³-hybridized carbons (Fsp3) is 0.556. The van der Waals surface area contributed by atoms with Crippen molar-refractivity contribution in [3.8, 4) is 0 Å². The van der Waals surface area contributed by atoms with Crippen LogP contribution in [0.1, 0.15) is 6.92 Å². The largest absolute Gasteiger partial charge is 0.500 e. The Labute approximate surface area is 82.9 Å². The Kier molecular flexibility index (Phi) is 5.55. The first kappa shape index (κ1) is 12.6. The maximum Gasteiger partial charge on any atom is 0.244 e. The van der Waals surface area contributed by atoms with Crippen molar-refractivity contribution in [3.05, 3.63) is 11.8 Å². The number of carbonyl (C=O) groups is 2. The molecule has 0 aromatic heterocycles. The molecule has 0 rings (SSSR count). The van der Waals surface area contributed by atoms with E-state index in [1.165, 1.54) is 14.2 Å². The Morgan fingerprint density at radius 3 is 2.29 bits per heavy atom. The van der Waals surface area contributed by atoms with Gasteiger partial charge in [-0.3, -0.25) is 4.79 Å². The summed E-state index contributed by atoms with van der Waals surface area (Å²) in [5.41, 5.74) is 4.97. The molecule has 14 heavy (non-hydrogen) atoms. The summed E-state index contributed by atoms with van der Waals surface area (Å²) in [4.78, 5) is 21.2. The highest BCUT2D eigenvalue weighted by Crippen LogP contribution is 2.16. The molecule has 0 aromatic carbocycles. The molecule has 2 unspecified atom stereocenters. The van der Waals surface area contributed by atoms with Gasteiger partial charge in [0.05, 0.1) is 7.11 Å². The van der Waals surface area contributed by atoms with Crippen molar-refractivity contribution in [2.45, 2.75) is 13.0 Å². The van der Waals surface area contributed by atoms with Crippen molar-refractivity contribution in [1.29, 1.82) is 0 Å². The predicted molar refractivity (Wildman–Crippen MR) is 50.3 cm³/mol. The molecular formula is C9H15NO4. The molecule has 2 N–H and O–H groups in total. The average molecular weight is 201 g/mol. The molecular weight excluding hydrogens is 186 g/mol. The van der Waals surface area contributed by atoms with Crippen LogP contribution in [-0.4, -0.2) is 32.5 Å². The number of ether oxygens (including phenoxy) is 2. The second-order valence-electron chi connectivity index (χ2n) is 2.78. The topological polar surface area (TPSA) is 78.6 Å². The molecule has 0 radical (unpaired) electrons. The molecule has 0 bridgehead atoms. The third-order valence-electron chi connectivity index (χ3n) is 1.87. The van der Waals surface area contributed by atoms with Crippen LogP contribution in [0.3, 0.4) is 0 Å². The van der Waals surface area contributed by atoms with Crippen LogP contribution in [0, 0.1) is 5.92 Å². The average Bonchev–Trinajstić information content (AvgIpc) is 2.15. The number of amides is 1. The molecule has 0 saturated heterocycles. The van der Waals surface area contributed by atoms with Gasteiger partial charge in [-0.15, -0.1) is 0 Å². The molecule has 0 aromatic rings. The number of hydrogen-bond donors (Lipinski definition) is 1. The van der Waals surface area contributed by atoms with Gasteiger partial charge in [0.2, 0.25) is 5.91 Å². The van der Waals surface area contributed by atoms with Gasteiger partial charge < -0.3 is 20.0 Å². The van der Waals surface area contributed by atoms with E-state index in [2.05, 4.69) is 0 Å². The van der Waals surface area contributed by atoms with Crippen LogP contribution in [0.4, 0.5) is 0 Å². The van der Waals surface area contributed by atoms with E-state index in [1.54, 1.807) is 6.92 Å². The van der Waals surface area contributed by atoms with Crippen LogP contribution in [0.2, 0.25) is 0 Å². The number of aldehydes is 1. The summed E-state index contributed by atoms with van der Waals surface area (Å²) in [5.74, 6) is -0.624. The Morgan fingerprint density at radius 1 is 1.43 bits per heavy atom. The van der Waals surface area contributed by atoms with Crippen molar-refractivity contribution in [2.24, 2.45) is 11.7 Å². The molecule has 0 aliphatic rings. The van der Waals surface area contributed by atoms with Crippen molar-refractivity contribution in [2.75, 3.05) is 14.2 Å². The third-order valence-corrected chi connectivity index (χ3v) is 1.87. The van der Waals surface area contributed by atoms with Crippen molar-refractivity contribution < 1.29 is 19.1 Å². The van der Waals surface area contributed by atoms with Crippen LogP contribution in [0.15, 0.2) is 11.8 Å². The van der Waals surface area contributed by atoms with Crippen LogP contribution in [-0.2, 0) is 19.1 Å². The summed E-state index contributed by atoms with van der Waals surface area (Å²) in [6, 6.07) is 0. The Balaban J connectivity index is 4.67. The maximum absolute atomic E-state index is 10.6. The van der Waals surface area contributed by atoms with E-state index in [0.29, 0.717) is 12.0 Å². The van der Waals surface area contributed by atoms with Crippen LogP contribution >= 0.6 is 0 Å². The third kappa shape index (κ3) is 3.57. The predicted octanol–water partition coefficient (Wildman–Crippen LogP) is -0.148. The summed E-state index contributed by atoms with van der Waals surface area (Å²) >= 11 is 0. The van der Waals surface area contributed by atoms with Crippen molar-refractivity contribution in [1.82, 2.24) is 0 Å². The van der Waals surface area contributed by atoms with E-state index in [0.717, 1.165) is 6.08 Å². The fourth-order valence-electron chi connectivity index (χ4n) is 1.06. The molecule has 0 saturated carbocycles. The second kappa shape index (κ2) is 6.15. The molecule has 0 fully saturated rings. The van der Waals surface area contributed by atoms with Gasteiger partial charge in [-0.25, -0.2) is 0 Å². The lowest BCUT2D eigenvalue weighted by Gasteiger charge is -2.19. The number of primary amides is 1. The van der Waals surface area contributed by atoms with Gasteiger partial charge in [0.1, 0.15) is 18.1 Å². The molecule has 0 spiro atoms. The minimum absolute atomic E-state index is 0.330. The zero-order valence-electron chi connectivity index (χ0n) is 8.52. The molecule has 0 aliphatic carbocycles. The summed E-state index contributed by atoms with van der Waals surface area (Å²) in [7, 11) is 2.82. The standard InChI is InChI=1S/C9H15NO4/c1-6(8(5-11)14-3)7(13-2)4-9(10)12/h4-6,8H,1-3H3,(H2,10,12). The molecule has 1 amide bonds. The molecule has 5 nitrogen and oxygen atoms in total. The Bertz CT molecular complexity index is 237. The first-order valence-electron chi connectivity index (χ1n) is 4.09. The number of nitrogens with two attached hydrogens (primary N) is 1. The van der Waals surface area contributed by atoms with E-state index >= 15 is 0 Å². The van der Waals surface area contributed by atoms with Gasteiger partial charge in [0.15, 0.2) is 0 Å². The van der Waals surface area contributed by atoms with E-state index in [1.807, 2.05) is 0 Å². The lowest BCUT2D eigenvalue weighted by molar-refractivity contribution is -0.119. The van der Waals surface area contributed by atoms with E-state index < -0.39 is 12.0 Å². The first-order chi connectivity index (χ1) is 6.56. The smallest absolute Gasteiger partial charge is 0.244 e. The highest BCUT2D eigenvalue weighted by molar-refractivity contribution is 5.86. The highest BCUT2D eigenvalue weighted by Gasteiger charge is 2.21. The lowest BCUT2D eigenvalue weighted by Crippen LogP contribution is -2.25. The summed E-state index contributed by atoms with van der Waals surface area (Å²) < 4.78 is 9.81. The quantitative estimate of drug-likeness (QED) is 0.368. The van der Waals surface area contributed by atoms with Crippen LogP contribution in [0.5, 0.6) is 0 Å². The molecule has 0 aliphatic heterocycles. The van der Waals surface area contributed by atoms with Gasteiger partial charge in [-0.1, -0.05) is 6.92 Å². The van der Waals surface area contributed by atoms with E-state index in [4.69, 9.17) is 15.2 Å². The molecule has 80 valence electrons. The molecule has 0 heterocycles. The number of hydrogen-bond acceptors (Lipinski definition) is 4. The molecule has 2 atom stereocenters. The first-order valence-corrected chi connectivity index (χ1v) is 4.09. The SMILES string of the molecule is COC(=CC(N)=O)C(C)C(C=O)OC. The zero-order valence-corrected chi connectivity index (χ0v) is 8.52. The fourth-order valence-corrected chi connectivity index (χ4v) is 1.06.